The number of likely N-dealkylation sites (N-methyl/N-ethyl adjacent to an activating group) is 1. The lowest BCUT2D eigenvalue weighted by molar-refractivity contribution is -0.142. The molecule has 0 radical (unpaired) electrons. The number of hydrogen-bond donors (Lipinski definition) is 4. The number of piperidine rings is 1. The maximum absolute atomic E-state index is 11.1. The van der Waals surface area contributed by atoms with Gasteiger partial charge in [-0.2, -0.15) is 0 Å². The van der Waals surface area contributed by atoms with Gasteiger partial charge in [-0.15, -0.1) is 0 Å². The summed E-state index contributed by atoms with van der Waals surface area (Å²) in [5, 5.41) is 33.1. The largest absolute Gasteiger partial charge is 0.481 e. The zero-order valence-electron chi connectivity index (χ0n) is 19.5. The lowest BCUT2D eigenvalue weighted by Gasteiger charge is -2.52. The van der Waals surface area contributed by atoms with Gasteiger partial charge in [0.05, 0.1) is 24.2 Å². The van der Waals surface area contributed by atoms with Gasteiger partial charge in [0, 0.05) is 12.6 Å². The molecule has 0 spiro atoms. The molecule has 2 aliphatic heterocycles. The first-order valence-corrected chi connectivity index (χ1v) is 12.6. The van der Waals surface area contributed by atoms with Crippen LogP contribution in [-0.2, 0) is 4.79 Å². The molecule has 2 heterocycles. The standard InChI is InChI=1S/C25H44N2O4/c1-3-26-17-25(31,16-24(29)30)13-6-4-5-7-19-8-9-21-20(15-19)12-14-27-18(2)23(28)11-10-22(21)27/h12,14,18-23,26,28,31H,3-11,13,15-17H2,1-2H3,(H,29,30)/t18-,19+,20+,21+,22-,23+,25+/m0/s1. The number of rotatable bonds is 11. The topological polar surface area (TPSA) is 93.0 Å². The maximum Gasteiger partial charge on any atom is 0.306 e. The van der Waals surface area contributed by atoms with E-state index in [0.29, 0.717) is 24.9 Å². The minimum atomic E-state index is -1.14. The molecule has 7 atom stereocenters. The monoisotopic (exact) mass is 436 g/mol. The number of carboxylic acids is 1. The minimum Gasteiger partial charge on any atom is -0.481 e. The number of carbonyl (C=O) groups is 1. The number of aliphatic carboxylic acids is 1. The Kier molecular flexibility index (Phi) is 8.82. The summed E-state index contributed by atoms with van der Waals surface area (Å²) in [5.41, 5.74) is -1.14. The summed E-state index contributed by atoms with van der Waals surface area (Å²) >= 11 is 0. The Morgan fingerprint density at radius 3 is 2.74 bits per heavy atom. The van der Waals surface area contributed by atoms with E-state index in [-0.39, 0.29) is 18.6 Å². The van der Waals surface area contributed by atoms with E-state index in [9.17, 15) is 15.0 Å². The first kappa shape index (κ1) is 24.5. The summed E-state index contributed by atoms with van der Waals surface area (Å²) in [6.45, 7) is 5.20. The van der Waals surface area contributed by atoms with Crippen LogP contribution in [0, 0.1) is 17.8 Å². The Morgan fingerprint density at radius 2 is 2.00 bits per heavy atom. The van der Waals surface area contributed by atoms with Crippen LogP contribution >= 0.6 is 0 Å². The number of unbranched alkanes of at least 4 members (excludes halogenated alkanes) is 2. The molecular weight excluding hydrogens is 392 g/mol. The van der Waals surface area contributed by atoms with Crippen LogP contribution in [0.2, 0.25) is 0 Å². The number of nitrogens with zero attached hydrogens (tertiary/aromatic N) is 1. The van der Waals surface area contributed by atoms with E-state index in [1.165, 1.54) is 25.7 Å². The van der Waals surface area contributed by atoms with Crippen molar-refractivity contribution in [1.82, 2.24) is 10.2 Å². The SMILES string of the molecule is CCNC[C@@](O)(CCCCC[C@@H]1CC[C@@H]2[C@H](C=CN3[C@@H](C)[C@H](O)CC[C@@H]23)C1)CC(=O)O. The van der Waals surface area contributed by atoms with Crippen molar-refractivity contribution < 1.29 is 20.1 Å². The fraction of sp³-hybridized carbons (Fsp3) is 0.880. The van der Waals surface area contributed by atoms with Gasteiger partial charge >= 0.3 is 5.97 Å². The Labute approximate surface area is 188 Å². The number of aliphatic hydroxyl groups is 2. The van der Waals surface area contributed by atoms with E-state index >= 15 is 0 Å². The summed E-state index contributed by atoms with van der Waals surface area (Å²) in [7, 11) is 0. The van der Waals surface area contributed by atoms with Crippen LogP contribution in [0.3, 0.4) is 0 Å². The Morgan fingerprint density at radius 1 is 1.19 bits per heavy atom. The molecule has 0 aromatic heterocycles. The summed E-state index contributed by atoms with van der Waals surface area (Å²) in [6, 6.07) is 0.846. The summed E-state index contributed by atoms with van der Waals surface area (Å²) in [5.74, 6) is 1.28. The molecule has 4 N–H and O–H groups in total. The second-order valence-corrected chi connectivity index (χ2v) is 10.4. The number of allylic oxidation sites excluding steroid dienone is 1. The van der Waals surface area contributed by atoms with Crippen LogP contribution in [0.15, 0.2) is 12.3 Å². The van der Waals surface area contributed by atoms with Gasteiger partial charge in [0.1, 0.15) is 0 Å². The second-order valence-electron chi connectivity index (χ2n) is 10.4. The summed E-state index contributed by atoms with van der Waals surface area (Å²) < 4.78 is 0. The van der Waals surface area contributed by atoms with Gasteiger partial charge < -0.3 is 25.5 Å². The van der Waals surface area contributed by atoms with Crippen LogP contribution in [0.25, 0.3) is 0 Å². The molecule has 1 aliphatic carbocycles. The van der Waals surface area contributed by atoms with Crippen molar-refractivity contribution in [3.05, 3.63) is 12.3 Å². The van der Waals surface area contributed by atoms with E-state index in [0.717, 1.165) is 50.5 Å². The zero-order valence-corrected chi connectivity index (χ0v) is 19.5. The van der Waals surface area contributed by atoms with Crippen molar-refractivity contribution in [2.24, 2.45) is 17.8 Å². The van der Waals surface area contributed by atoms with E-state index in [1.54, 1.807) is 0 Å². The zero-order chi connectivity index (χ0) is 22.4. The van der Waals surface area contributed by atoms with Gasteiger partial charge in [0.2, 0.25) is 0 Å². The molecule has 0 unspecified atom stereocenters. The summed E-state index contributed by atoms with van der Waals surface area (Å²) in [4.78, 5) is 13.5. The fourth-order valence-electron chi connectivity index (χ4n) is 6.35. The number of aliphatic hydroxyl groups excluding tert-OH is 1. The Bertz CT molecular complexity index is 612. The highest BCUT2D eigenvalue weighted by molar-refractivity contribution is 5.68. The third kappa shape index (κ3) is 6.45. The van der Waals surface area contributed by atoms with E-state index in [4.69, 9.17) is 5.11 Å². The predicted octanol–water partition coefficient (Wildman–Crippen LogP) is 3.53. The van der Waals surface area contributed by atoms with Crippen molar-refractivity contribution in [3.63, 3.8) is 0 Å². The van der Waals surface area contributed by atoms with Gasteiger partial charge in [-0.05, 0) is 69.5 Å². The highest BCUT2D eigenvalue weighted by Gasteiger charge is 2.43. The predicted molar refractivity (Wildman–Crippen MR) is 123 cm³/mol. The highest BCUT2D eigenvalue weighted by Crippen LogP contribution is 2.45. The van der Waals surface area contributed by atoms with Crippen molar-refractivity contribution in [3.8, 4) is 0 Å². The Balaban J connectivity index is 1.40. The smallest absolute Gasteiger partial charge is 0.306 e. The van der Waals surface area contributed by atoms with Crippen LogP contribution in [-0.4, -0.2) is 63.1 Å². The van der Waals surface area contributed by atoms with E-state index in [1.807, 2.05) is 6.92 Å². The molecule has 1 saturated heterocycles. The molecule has 178 valence electrons. The van der Waals surface area contributed by atoms with Crippen LogP contribution in [0.5, 0.6) is 0 Å². The van der Waals surface area contributed by atoms with Crippen LogP contribution in [0.4, 0.5) is 0 Å². The quantitative estimate of drug-likeness (QED) is 0.370. The minimum absolute atomic E-state index is 0.189. The molecular formula is C25H44N2O4. The van der Waals surface area contributed by atoms with Crippen molar-refractivity contribution in [2.45, 2.75) is 108 Å². The fourth-order valence-corrected chi connectivity index (χ4v) is 6.35. The molecule has 31 heavy (non-hydrogen) atoms. The molecule has 6 nitrogen and oxygen atoms in total. The normalized spacial score (nSPS) is 34.6. The van der Waals surface area contributed by atoms with Gasteiger partial charge in [-0.1, -0.05) is 45.1 Å². The van der Waals surface area contributed by atoms with Crippen molar-refractivity contribution >= 4 is 5.97 Å². The van der Waals surface area contributed by atoms with Crippen LogP contribution < -0.4 is 5.32 Å². The molecule has 3 rings (SSSR count). The first-order chi connectivity index (χ1) is 14.8. The molecule has 6 heteroatoms. The Hall–Kier alpha value is -1.11. The molecule has 0 aromatic carbocycles. The molecule has 0 aromatic rings. The maximum atomic E-state index is 11.1. The van der Waals surface area contributed by atoms with E-state index in [2.05, 4.69) is 29.4 Å². The number of nitrogens with one attached hydrogen (secondary N) is 1. The second kappa shape index (κ2) is 11.2. The lowest BCUT2D eigenvalue weighted by Crippen LogP contribution is -2.55. The molecule has 0 amide bonds. The number of carboxylic acid groups (broad SMARTS) is 1. The van der Waals surface area contributed by atoms with Gasteiger partial charge in [-0.3, -0.25) is 4.79 Å². The highest BCUT2D eigenvalue weighted by atomic mass is 16.4. The average Bonchev–Trinajstić information content (AvgIpc) is 2.73. The van der Waals surface area contributed by atoms with Crippen molar-refractivity contribution in [1.29, 1.82) is 0 Å². The molecule has 0 bridgehead atoms. The van der Waals surface area contributed by atoms with Gasteiger partial charge in [0.15, 0.2) is 0 Å². The molecule has 3 aliphatic rings. The summed E-state index contributed by atoms with van der Waals surface area (Å²) in [6.07, 6.45) is 15.1. The third-order valence-electron chi connectivity index (χ3n) is 8.17. The van der Waals surface area contributed by atoms with E-state index < -0.39 is 11.6 Å². The van der Waals surface area contributed by atoms with Gasteiger partial charge in [-0.25, -0.2) is 0 Å². The average molecular weight is 437 g/mol. The van der Waals surface area contributed by atoms with Crippen LogP contribution in [0.1, 0.15) is 84.5 Å². The molecule has 1 saturated carbocycles. The van der Waals surface area contributed by atoms with Gasteiger partial charge in [0.25, 0.3) is 0 Å². The lowest BCUT2D eigenvalue weighted by atomic mass is 9.66. The number of fused-ring (bicyclic) bond motifs is 3. The van der Waals surface area contributed by atoms with Crippen molar-refractivity contribution in [2.75, 3.05) is 13.1 Å². The number of hydrogen-bond acceptors (Lipinski definition) is 5. The third-order valence-corrected chi connectivity index (χ3v) is 8.17. The first-order valence-electron chi connectivity index (χ1n) is 12.6. The molecule has 2 fully saturated rings.